The van der Waals surface area contributed by atoms with Crippen LogP contribution in [0.2, 0.25) is 0 Å². The highest BCUT2D eigenvalue weighted by Crippen LogP contribution is 2.19. The first-order chi connectivity index (χ1) is 34.0. The zero-order valence-electron chi connectivity index (χ0n) is 47.1. The van der Waals surface area contributed by atoms with Crippen molar-refractivity contribution in [2.75, 3.05) is 13.2 Å². The Labute approximate surface area is 431 Å². The third-order valence-corrected chi connectivity index (χ3v) is 14.6. The van der Waals surface area contributed by atoms with Crippen molar-refractivity contribution in [1.82, 2.24) is 0 Å². The summed E-state index contributed by atoms with van der Waals surface area (Å²) in [6.45, 7) is 6.67. The summed E-state index contributed by atoms with van der Waals surface area (Å²) in [6.07, 6.45) is 67.3. The van der Waals surface area contributed by atoms with Gasteiger partial charge >= 0.3 is 17.9 Å². The summed E-state index contributed by atoms with van der Waals surface area (Å²) in [7, 11) is 0. The minimum absolute atomic E-state index is 0.0620. The first kappa shape index (κ1) is 67.4. The lowest BCUT2D eigenvalue weighted by Gasteiger charge is -2.18. The molecule has 0 aliphatic carbocycles. The van der Waals surface area contributed by atoms with Crippen molar-refractivity contribution in [2.24, 2.45) is 0 Å². The highest BCUT2D eigenvalue weighted by molar-refractivity contribution is 5.71. The Kier molecular flexibility index (Phi) is 57.6. The molecule has 0 aromatic carbocycles. The number of rotatable bonds is 59. The molecule has 0 saturated heterocycles. The van der Waals surface area contributed by atoms with E-state index in [1.807, 2.05) is 0 Å². The van der Waals surface area contributed by atoms with Gasteiger partial charge in [-0.3, -0.25) is 14.4 Å². The summed E-state index contributed by atoms with van der Waals surface area (Å²) in [5, 5.41) is 0. The van der Waals surface area contributed by atoms with E-state index in [1.54, 1.807) is 0 Å². The molecule has 0 aromatic heterocycles. The summed E-state index contributed by atoms with van der Waals surface area (Å²) in [5.41, 5.74) is 0. The topological polar surface area (TPSA) is 78.9 Å². The van der Waals surface area contributed by atoms with E-state index in [1.165, 1.54) is 270 Å². The summed E-state index contributed by atoms with van der Waals surface area (Å²) in [5.74, 6) is -0.842. The number of carbonyl (C=O) groups is 3. The molecule has 0 saturated carbocycles. The molecule has 0 fully saturated rings. The lowest BCUT2D eigenvalue weighted by atomic mass is 10.0. The van der Waals surface area contributed by atoms with Crippen molar-refractivity contribution >= 4 is 17.9 Å². The fourth-order valence-corrected chi connectivity index (χ4v) is 9.86. The Morgan fingerprint density at radius 1 is 0.232 bits per heavy atom. The summed E-state index contributed by atoms with van der Waals surface area (Å²) in [4.78, 5) is 37.9. The third kappa shape index (κ3) is 57.2. The molecule has 0 amide bonds. The predicted octanol–water partition coefficient (Wildman–Crippen LogP) is 21.1. The smallest absolute Gasteiger partial charge is 0.306 e. The first-order valence-corrected chi connectivity index (χ1v) is 31.5. The number of carbonyl (C=O) groups excluding carboxylic acids is 3. The largest absolute Gasteiger partial charge is 0.462 e. The highest BCUT2D eigenvalue weighted by atomic mass is 16.6. The van der Waals surface area contributed by atoms with Gasteiger partial charge in [0.1, 0.15) is 13.2 Å². The molecule has 6 nitrogen and oxygen atoms in total. The number of hydrogen-bond donors (Lipinski definition) is 0. The fraction of sp³-hybridized carbons (Fsp3) is 0.952. The quantitative estimate of drug-likeness (QED) is 0.0343. The molecule has 0 N–H and O–H groups in total. The predicted molar refractivity (Wildman–Crippen MR) is 298 cm³/mol. The van der Waals surface area contributed by atoms with E-state index in [9.17, 15) is 14.4 Å². The van der Waals surface area contributed by atoms with Gasteiger partial charge in [-0.05, 0) is 19.3 Å². The van der Waals surface area contributed by atoms with E-state index >= 15 is 0 Å². The molecule has 0 spiro atoms. The van der Waals surface area contributed by atoms with E-state index in [-0.39, 0.29) is 31.1 Å². The minimum Gasteiger partial charge on any atom is -0.462 e. The Balaban J connectivity index is 3.89. The molecule has 0 aliphatic heterocycles. The van der Waals surface area contributed by atoms with Crippen LogP contribution in [0, 0.1) is 0 Å². The van der Waals surface area contributed by atoms with Crippen LogP contribution >= 0.6 is 0 Å². The normalized spacial score (nSPS) is 11.9. The molecule has 1 atom stereocenters. The van der Waals surface area contributed by atoms with Crippen LogP contribution in [-0.2, 0) is 28.6 Å². The van der Waals surface area contributed by atoms with Gasteiger partial charge in [0.05, 0.1) is 0 Å². The average Bonchev–Trinajstić information content (AvgIpc) is 3.35. The second-order valence-corrected chi connectivity index (χ2v) is 21.7. The Morgan fingerprint density at radius 3 is 0.580 bits per heavy atom. The van der Waals surface area contributed by atoms with Crippen molar-refractivity contribution in [2.45, 2.75) is 374 Å². The first-order valence-electron chi connectivity index (χ1n) is 31.5. The van der Waals surface area contributed by atoms with Crippen molar-refractivity contribution in [3.63, 3.8) is 0 Å². The molecule has 0 rings (SSSR count). The SMILES string of the molecule is CCCCCCCCCCCCCCCCCCCCCCCCCCCCCCCCCCC(=O)OCC(COC(=O)CCCCCCCCCCC)OC(=O)CCCCCCCCCCCC. The summed E-state index contributed by atoms with van der Waals surface area (Å²) >= 11 is 0. The van der Waals surface area contributed by atoms with Gasteiger partial charge < -0.3 is 14.2 Å². The van der Waals surface area contributed by atoms with Gasteiger partial charge in [0.15, 0.2) is 6.10 Å². The summed E-state index contributed by atoms with van der Waals surface area (Å²) < 4.78 is 16.8. The molecule has 0 aliphatic rings. The van der Waals surface area contributed by atoms with E-state index in [4.69, 9.17) is 14.2 Å². The van der Waals surface area contributed by atoms with E-state index < -0.39 is 6.10 Å². The molecule has 69 heavy (non-hydrogen) atoms. The van der Waals surface area contributed by atoms with Gasteiger partial charge in [0.2, 0.25) is 0 Å². The van der Waals surface area contributed by atoms with Crippen molar-refractivity contribution in [3.8, 4) is 0 Å². The van der Waals surface area contributed by atoms with Gasteiger partial charge in [-0.2, -0.15) is 0 Å². The maximum Gasteiger partial charge on any atom is 0.306 e. The lowest BCUT2D eigenvalue weighted by Crippen LogP contribution is -2.30. The molecule has 0 bridgehead atoms. The fourth-order valence-electron chi connectivity index (χ4n) is 9.86. The van der Waals surface area contributed by atoms with E-state index in [0.717, 1.165) is 57.8 Å². The van der Waals surface area contributed by atoms with Crippen molar-refractivity contribution in [3.05, 3.63) is 0 Å². The molecular formula is C63H122O6. The number of esters is 3. The molecule has 1 unspecified atom stereocenters. The molecule has 6 heteroatoms. The Hall–Kier alpha value is -1.59. The maximum absolute atomic E-state index is 12.8. The van der Waals surface area contributed by atoms with Gasteiger partial charge in [0, 0.05) is 19.3 Å². The van der Waals surface area contributed by atoms with Crippen molar-refractivity contribution < 1.29 is 28.6 Å². The monoisotopic (exact) mass is 975 g/mol. The van der Waals surface area contributed by atoms with Crippen LogP contribution in [0.4, 0.5) is 0 Å². The number of ether oxygens (including phenoxy) is 3. The summed E-state index contributed by atoms with van der Waals surface area (Å²) in [6, 6.07) is 0. The van der Waals surface area contributed by atoms with Crippen LogP contribution in [-0.4, -0.2) is 37.2 Å². The Bertz CT molecular complexity index is 1030. The molecular weight excluding hydrogens is 853 g/mol. The molecule has 410 valence electrons. The average molecular weight is 976 g/mol. The van der Waals surface area contributed by atoms with Gasteiger partial charge in [0.25, 0.3) is 0 Å². The van der Waals surface area contributed by atoms with Crippen LogP contribution in [0.5, 0.6) is 0 Å². The van der Waals surface area contributed by atoms with Gasteiger partial charge in [-0.25, -0.2) is 0 Å². The maximum atomic E-state index is 12.8. The van der Waals surface area contributed by atoms with Crippen LogP contribution in [0.3, 0.4) is 0 Å². The molecule has 0 radical (unpaired) electrons. The Morgan fingerprint density at radius 2 is 0.391 bits per heavy atom. The van der Waals surface area contributed by atoms with E-state index in [0.29, 0.717) is 19.3 Å². The second kappa shape index (κ2) is 59.0. The highest BCUT2D eigenvalue weighted by Gasteiger charge is 2.19. The van der Waals surface area contributed by atoms with Crippen LogP contribution in [0.15, 0.2) is 0 Å². The zero-order chi connectivity index (χ0) is 50.0. The molecule has 0 heterocycles. The third-order valence-electron chi connectivity index (χ3n) is 14.6. The second-order valence-electron chi connectivity index (χ2n) is 21.7. The van der Waals surface area contributed by atoms with E-state index in [2.05, 4.69) is 20.8 Å². The van der Waals surface area contributed by atoms with Crippen LogP contribution in [0.1, 0.15) is 367 Å². The lowest BCUT2D eigenvalue weighted by molar-refractivity contribution is -0.167. The van der Waals surface area contributed by atoms with Crippen LogP contribution < -0.4 is 0 Å². The standard InChI is InChI=1S/C63H122O6/c1-4-7-10-13-16-19-21-22-23-24-25-26-27-28-29-30-31-32-33-34-35-36-37-38-39-40-41-42-45-47-50-53-56-62(65)68-59-60(58-67-61(64)55-52-49-46-43-18-15-12-9-6-3)69-63(66)57-54-51-48-44-20-17-14-11-8-5-2/h60H,4-59H2,1-3H3. The van der Waals surface area contributed by atoms with Gasteiger partial charge in [-0.1, -0.05) is 329 Å². The number of unbranched alkanes of at least 4 members (excludes halogenated alkanes) is 48. The van der Waals surface area contributed by atoms with Crippen LogP contribution in [0.25, 0.3) is 0 Å². The minimum atomic E-state index is -0.759. The zero-order valence-corrected chi connectivity index (χ0v) is 47.1. The van der Waals surface area contributed by atoms with Crippen molar-refractivity contribution in [1.29, 1.82) is 0 Å². The molecule has 0 aromatic rings. The van der Waals surface area contributed by atoms with Gasteiger partial charge in [-0.15, -0.1) is 0 Å². The number of hydrogen-bond acceptors (Lipinski definition) is 6.